The molecule has 3 rings (SSSR count). The molecule has 24 heavy (non-hydrogen) atoms. The summed E-state index contributed by atoms with van der Waals surface area (Å²) in [6.07, 6.45) is 6.18. The third kappa shape index (κ3) is 3.07. The van der Waals surface area contributed by atoms with Gasteiger partial charge in [0.15, 0.2) is 5.96 Å². The van der Waals surface area contributed by atoms with E-state index in [1.54, 1.807) is 0 Å². The van der Waals surface area contributed by atoms with E-state index in [4.69, 9.17) is 15.2 Å². The van der Waals surface area contributed by atoms with Crippen LogP contribution in [0, 0.1) is 19.8 Å². The summed E-state index contributed by atoms with van der Waals surface area (Å²) in [5, 5.41) is 10.8. The lowest BCUT2D eigenvalue weighted by Gasteiger charge is -2.45. The van der Waals surface area contributed by atoms with Crippen molar-refractivity contribution in [3.63, 3.8) is 0 Å². The van der Waals surface area contributed by atoms with Gasteiger partial charge in [0, 0.05) is 11.3 Å². The molecule has 1 fully saturated rings. The molecule has 132 valence electrons. The minimum absolute atomic E-state index is 0.451. The molecule has 0 aromatic carbocycles. The van der Waals surface area contributed by atoms with Crippen LogP contribution in [0.2, 0.25) is 0 Å². The average molecular weight is 331 g/mol. The number of aliphatic imine (C=N–C) groups is 1. The third-order valence-corrected chi connectivity index (χ3v) is 5.64. The maximum absolute atomic E-state index is 6.85. The molecule has 1 atom stereocenters. The molecule has 0 spiro atoms. The first-order valence-corrected chi connectivity index (χ1v) is 8.90. The number of nitrogens with one attached hydrogen (secondary N) is 2. The SMILES string of the molecule is CC1=C(C)C(N)(C2CCCCC2)NC(=NCc2c(C)noc2C)N1. The lowest BCUT2D eigenvalue weighted by molar-refractivity contribution is 0.215. The summed E-state index contributed by atoms with van der Waals surface area (Å²) >= 11 is 0. The van der Waals surface area contributed by atoms with Crippen molar-refractivity contribution in [1.29, 1.82) is 0 Å². The average Bonchev–Trinajstić information content (AvgIpc) is 2.90. The van der Waals surface area contributed by atoms with Crippen LogP contribution in [-0.4, -0.2) is 16.8 Å². The van der Waals surface area contributed by atoms with E-state index < -0.39 is 5.66 Å². The summed E-state index contributed by atoms with van der Waals surface area (Å²) in [5.41, 5.74) is 10.6. The molecular weight excluding hydrogens is 302 g/mol. The van der Waals surface area contributed by atoms with Crippen LogP contribution in [0.4, 0.5) is 0 Å². The van der Waals surface area contributed by atoms with Crippen LogP contribution in [-0.2, 0) is 6.54 Å². The Bertz CT molecular complexity index is 649. The number of hydrogen-bond donors (Lipinski definition) is 3. The molecule has 0 radical (unpaired) electrons. The first kappa shape index (κ1) is 17.0. The molecule has 1 aromatic rings. The normalized spacial score (nSPS) is 27.3. The van der Waals surface area contributed by atoms with Crippen molar-refractivity contribution >= 4 is 5.96 Å². The smallest absolute Gasteiger partial charge is 0.197 e. The minimum atomic E-state index is -0.507. The minimum Gasteiger partial charge on any atom is -0.361 e. The summed E-state index contributed by atoms with van der Waals surface area (Å²) in [5.74, 6) is 2.01. The number of nitrogens with two attached hydrogens (primary N) is 1. The van der Waals surface area contributed by atoms with Gasteiger partial charge < -0.3 is 20.9 Å². The van der Waals surface area contributed by atoms with Crippen LogP contribution < -0.4 is 16.4 Å². The maximum Gasteiger partial charge on any atom is 0.197 e. The Morgan fingerprint density at radius 2 is 1.92 bits per heavy atom. The topological polar surface area (TPSA) is 88.5 Å². The monoisotopic (exact) mass is 331 g/mol. The predicted molar refractivity (Wildman–Crippen MR) is 95.3 cm³/mol. The molecule has 0 bridgehead atoms. The molecule has 1 saturated carbocycles. The van der Waals surface area contributed by atoms with Crippen molar-refractivity contribution in [3.05, 3.63) is 28.3 Å². The molecule has 1 unspecified atom stereocenters. The number of rotatable bonds is 3. The summed E-state index contributed by atoms with van der Waals surface area (Å²) in [6.45, 7) is 8.59. The van der Waals surface area contributed by atoms with E-state index in [2.05, 4.69) is 29.6 Å². The van der Waals surface area contributed by atoms with Gasteiger partial charge in [-0.25, -0.2) is 4.99 Å². The Labute approximate surface area is 144 Å². The third-order valence-electron chi connectivity index (χ3n) is 5.64. The largest absolute Gasteiger partial charge is 0.361 e. The van der Waals surface area contributed by atoms with Gasteiger partial charge in [-0.15, -0.1) is 0 Å². The molecule has 6 heteroatoms. The van der Waals surface area contributed by atoms with Crippen LogP contribution >= 0.6 is 0 Å². The van der Waals surface area contributed by atoms with Gasteiger partial charge in [-0.1, -0.05) is 24.4 Å². The van der Waals surface area contributed by atoms with Gasteiger partial charge in [0.1, 0.15) is 11.4 Å². The lowest BCUT2D eigenvalue weighted by atomic mass is 9.76. The molecule has 4 N–H and O–H groups in total. The summed E-state index contributed by atoms with van der Waals surface area (Å²) in [7, 11) is 0. The standard InChI is InChI=1S/C18H29N5O/c1-11-12(2)21-17(20-10-16-13(3)23-24-14(16)4)22-18(11,19)15-8-6-5-7-9-15/h15H,5-10,19H2,1-4H3,(H2,20,21,22). The van der Waals surface area contributed by atoms with Crippen LogP contribution in [0.15, 0.2) is 20.8 Å². The number of allylic oxidation sites excluding steroid dienone is 1. The second kappa shape index (κ2) is 6.59. The first-order valence-electron chi connectivity index (χ1n) is 8.90. The van der Waals surface area contributed by atoms with Crippen molar-refractivity contribution in [2.24, 2.45) is 16.6 Å². The van der Waals surface area contributed by atoms with Crippen molar-refractivity contribution in [2.75, 3.05) is 0 Å². The van der Waals surface area contributed by atoms with Gasteiger partial charge in [0.25, 0.3) is 0 Å². The van der Waals surface area contributed by atoms with Crippen LogP contribution in [0.1, 0.15) is 63.0 Å². The maximum atomic E-state index is 6.85. The fraction of sp³-hybridized carbons (Fsp3) is 0.667. The zero-order chi connectivity index (χ0) is 17.3. The number of nitrogens with zero attached hydrogens (tertiary/aromatic N) is 2. The zero-order valence-electron chi connectivity index (χ0n) is 15.2. The highest BCUT2D eigenvalue weighted by Crippen LogP contribution is 2.35. The van der Waals surface area contributed by atoms with E-state index in [9.17, 15) is 0 Å². The van der Waals surface area contributed by atoms with E-state index in [-0.39, 0.29) is 0 Å². The zero-order valence-corrected chi connectivity index (χ0v) is 15.2. The quantitative estimate of drug-likeness (QED) is 0.792. The summed E-state index contributed by atoms with van der Waals surface area (Å²) in [4.78, 5) is 4.70. The van der Waals surface area contributed by atoms with Gasteiger partial charge in [-0.05, 0) is 52.0 Å². The molecule has 1 aliphatic heterocycles. The molecule has 6 nitrogen and oxygen atoms in total. The Hall–Kier alpha value is -1.82. The second-order valence-electron chi connectivity index (χ2n) is 7.17. The second-order valence-corrected chi connectivity index (χ2v) is 7.17. The van der Waals surface area contributed by atoms with Gasteiger partial charge >= 0.3 is 0 Å². The first-order chi connectivity index (χ1) is 11.4. The van der Waals surface area contributed by atoms with Gasteiger partial charge in [-0.2, -0.15) is 0 Å². The Morgan fingerprint density at radius 1 is 1.21 bits per heavy atom. The van der Waals surface area contributed by atoms with Crippen molar-refractivity contribution in [2.45, 2.75) is 72.0 Å². The fourth-order valence-corrected chi connectivity index (χ4v) is 3.83. The van der Waals surface area contributed by atoms with Crippen molar-refractivity contribution in [1.82, 2.24) is 15.8 Å². The highest BCUT2D eigenvalue weighted by Gasteiger charge is 2.41. The van der Waals surface area contributed by atoms with Crippen LogP contribution in [0.3, 0.4) is 0 Å². The van der Waals surface area contributed by atoms with Gasteiger partial charge in [0.05, 0.1) is 12.2 Å². The molecule has 2 heterocycles. The van der Waals surface area contributed by atoms with Gasteiger partial charge in [-0.3, -0.25) is 0 Å². The Balaban J connectivity index is 1.83. The number of aromatic nitrogens is 1. The molecule has 0 amide bonds. The van der Waals surface area contributed by atoms with E-state index in [1.807, 2.05) is 13.8 Å². The molecular formula is C18H29N5O. The van der Waals surface area contributed by atoms with E-state index >= 15 is 0 Å². The molecule has 1 aliphatic carbocycles. The Kier molecular flexibility index (Phi) is 4.67. The predicted octanol–water partition coefficient (Wildman–Crippen LogP) is 2.87. The van der Waals surface area contributed by atoms with Crippen LogP contribution in [0.25, 0.3) is 0 Å². The molecule has 1 aromatic heterocycles. The van der Waals surface area contributed by atoms with Crippen molar-refractivity contribution < 1.29 is 4.52 Å². The van der Waals surface area contributed by atoms with Crippen LogP contribution in [0.5, 0.6) is 0 Å². The van der Waals surface area contributed by atoms with E-state index in [1.165, 1.54) is 37.7 Å². The molecule has 2 aliphatic rings. The lowest BCUT2D eigenvalue weighted by Crippen LogP contribution is -2.67. The Morgan fingerprint density at radius 3 is 2.54 bits per heavy atom. The van der Waals surface area contributed by atoms with E-state index in [0.717, 1.165) is 28.7 Å². The van der Waals surface area contributed by atoms with Gasteiger partial charge in [0.2, 0.25) is 0 Å². The highest BCUT2D eigenvalue weighted by atomic mass is 16.5. The molecule has 0 saturated heterocycles. The highest BCUT2D eigenvalue weighted by molar-refractivity contribution is 5.84. The van der Waals surface area contributed by atoms with E-state index in [0.29, 0.717) is 12.5 Å². The number of hydrogen-bond acceptors (Lipinski definition) is 4. The van der Waals surface area contributed by atoms with Crippen molar-refractivity contribution in [3.8, 4) is 0 Å². The number of guanidine groups is 1. The number of aryl methyl sites for hydroxylation is 2. The fourth-order valence-electron chi connectivity index (χ4n) is 3.83. The summed E-state index contributed by atoms with van der Waals surface area (Å²) < 4.78 is 5.22. The summed E-state index contributed by atoms with van der Waals surface area (Å²) in [6, 6.07) is 0.